The number of hydrogen-bond acceptors (Lipinski definition) is 5. The summed E-state index contributed by atoms with van der Waals surface area (Å²) in [5, 5.41) is 9.92. The first-order valence-corrected chi connectivity index (χ1v) is 6.84. The monoisotopic (exact) mass is 280 g/mol. The van der Waals surface area contributed by atoms with E-state index >= 15 is 0 Å². The van der Waals surface area contributed by atoms with E-state index < -0.39 is 0 Å². The molecule has 1 aromatic carbocycles. The van der Waals surface area contributed by atoms with Gasteiger partial charge in [0.2, 0.25) is 0 Å². The Morgan fingerprint density at radius 1 is 1.05 bits per heavy atom. The molecule has 2 N–H and O–H groups in total. The van der Waals surface area contributed by atoms with Crippen molar-refractivity contribution in [3.05, 3.63) is 66.1 Å². The number of anilines is 1. The van der Waals surface area contributed by atoms with E-state index in [-0.39, 0.29) is 0 Å². The minimum absolute atomic E-state index is 0.735. The summed E-state index contributed by atoms with van der Waals surface area (Å²) in [6.07, 6.45) is 4.80. The van der Waals surface area contributed by atoms with Crippen LogP contribution in [0.1, 0.15) is 17.2 Å². The van der Waals surface area contributed by atoms with Crippen LogP contribution in [-0.2, 0) is 12.8 Å². The van der Waals surface area contributed by atoms with Crippen LogP contribution in [0.15, 0.2) is 48.9 Å². The largest absolute Gasteiger partial charge is 0.370 e. The summed E-state index contributed by atoms with van der Waals surface area (Å²) in [5.74, 6) is 2.50. The Hall–Kier alpha value is -2.76. The zero-order valence-corrected chi connectivity index (χ0v) is 11.5. The van der Waals surface area contributed by atoms with Crippen LogP contribution in [0.2, 0.25) is 0 Å². The second-order valence-electron chi connectivity index (χ2n) is 4.63. The van der Waals surface area contributed by atoms with E-state index in [1.807, 2.05) is 24.3 Å². The van der Waals surface area contributed by atoms with Crippen LogP contribution >= 0.6 is 0 Å². The number of aromatic nitrogens is 5. The third-order valence-electron chi connectivity index (χ3n) is 3.04. The van der Waals surface area contributed by atoms with Crippen molar-refractivity contribution in [1.29, 1.82) is 0 Å². The third kappa shape index (κ3) is 3.85. The second kappa shape index (κ2) is 6.60. The smallest absolute Gasteiger partial charge is 0.137 e. The number of benzene rings is 1. The molecule has 2 aromatic heterocycles. The first-order valence-electron chi connectivity index (χ1n) is 6.84. The topological polar surface area (TPSA) is 79.4 Å². The molecule has 0 aliphatic rings. The maximum atomic E-state index is 4.52. The molecule has 0 amide bonds. The summed E-state index contributed by atoms with van der Waals surface area (Å²) in [5.41, 5.74) is 1.20. The van der Waals surface area contributed by atoms with Crippen LogP contribution in [0.25, 0.3) is 0 Å². The molecule has 0 bridgehead atoms. The molecule has 6 heteroatoms. The molecule has 0 saturated carbocycles. The maximum absolute atomic E-state index is 4.52. The molecule has 0 aliphatic carbocycles. The van der Waals surface area contributed by atoms with E-state index in [1.54, 1.807) is 6.20 Å². The van der Waals surface area contributed by atoms with Crippen molar-refractivity contribution in [2.75, 3.05) is 11.9 Å². The molecular weight excluding hydrogens is 264 g/mol. The number of aromatic amines is 1. The summed E-state index contributed by atoms with van der Waals surface area (Å²) in [6, 6.07) is 12.1. The third-order valence-corrected chi connectivity index (χ3v) is 3.04. The summed E-state index contributed by atoms with van der Waals surface area (Å²) < 4.78 is 0. The fourth-order valence-corrected chi connectivity index (χ4v) is 2.02. The zero-order chi connectivity index (χ0) is 14.3. The molecule has 0 radical (unpaired) electrons. The van der Waals surface area contributed by atoms with Gasteiger partial charge in [-0.25, -0.2) is 15.0 Å². The van der Waals surface area contributed by atoms with E-state index in [2.05, 4.69) is 42.6 Å². The molecule has 106 valence electrons. The first kappa shape index (κ1) is 13.2. The zero-order valence-electron chi connectivity index (χ0n) is 11.5. The summed E-state index contributed by atoms with van der Waals surface area (Å²) in [4.78, 5) is 12.9. The Bertz CT molecular complexity index is 666. The minimum Gasteiger partial charge on any atom is -0.370 e. The van der Waals surface area contributed by atoms with Crippen LogP contribution in [-0.4, -0.2) is 31.7 Å². The van der Waals surface area contributed by atoms with Crippen molar-refractivity contribution in [1.82, 2.24) is 25.1 Å². The standard InChI is InChI=1S/C15H16N6/c1-2-4-12(5-3-1)10-15-17-8-6-13(20-15)16-9-7-14-18-11-19-21-14/h1-6,8,11H,7,9-10H2,(H,16,17,20)(H,18,19,21). The molecule has 21 heavy (non-hydrogen) atoms. The van der Waals surface area contributed by atoms with Crippen molar-refractivity contribution in [3.8, 4) is 0 Å². The van der Waals surface area contributed by atoms with Crippen LogP contribution in [0, 0.1) is 0 Å². The van der Waals surface area contributed by atoms with Crippen molar-refractivity contribution in [3.63, 3.8) is 0 Å². The van der Waals surface area contributed by atoms with Gasteiger partial charge in [-0.15, -0.1) is 0 Å². The molecule has 6 nitrogen and oxygen atoms in total. The number of rotatable bonds is 6. The highest BCUT2D eigenvalue weighted by Crippen LogP contribution is 2.08. The molecular formula is C15H16N6. The van der Waals surface area contributed by atoms with E-state index in [0.717, 1.165) is 36.9 Å². The Kier molecular flexibility index (Phi) is 4.16. The van der Waals surface area contributed by atoms with E-state index in [0.29, 0.717) is 0 Å². The summed E-state index contributed by atoms with van der Waals surface area (Å²) in [6.45, 7) is 0.747. The number of nitrogens with one attached hydrogen (secondary N) is 2. The molecule has 2 heterocycles. The SMILES string of the molecule is c1ccc(Cc2nccc(NCCc3ncn[nH]3)n2)cc1. The normalized spacial score (nSPS) is 10.5. The van der Waals surface area contributed by atoms with Gasteiger partial charge in [-0.05, 0) is 11.6 Å². The van der Waals surface area contributed by atoms with Gasteiger partial charge in [0.15, 0.2) is 0 Å². The van der Waals surface area contributed by atoms with Gasteiger partial charge in [-0.3, -0.25) is 5.10 Å². The lowest BCUT2D eigenvalue weighted by molar-refractivity contribution is 0.889. The van der Waals surface area contributed by atoms with Crippen LogP contribution in [0.4, 0.5) is 5.82 Å². The van der Waals surface area contributed by atoms with Crippen molar-refractivity contribution in [2.45, 2.75) is 12.8 Å². The van der Waals surface area contributed by atoms with E-state index in [9.17, 15) is 0 Å². The second-order valence-corrected chi connectivity index (χ2v) is 4.63. The van der Waals surface area contributed by atoms with Gasteiger partial charge in [0.25, 0.3) is 0 Å². The lowest BCUT2D eigenvalue weighted by atomic mass is 10.1. The highest BCUT2D eigenvalue weighted by molar-refractivity contribution is 5.33. The van der Waals surface area contributed by atoms with Gasteiger partial charge in [0.1, 0.15) is 23.8 Å². The van der Waals surface area contributed by atoms with Gasteiger partial charge in [0, 0.05) is 25.6 Å². The fraction of sp³-hybridized carbons (Fsp3) is 0.200. The Balaban J connectivity index is 1.58. The number of H-pyrrole nitrogens is 1. The summed E-state index contributed by atoms with van der Waals surface area (Å²) >= 11 is 0. The molecule has 0 spiro atoms. The van der Waals surface area contributed by atoms with Crippen molar-refractivity contribution in [2.24, 2.45) is 0 Å². The average Bonchev–Trinajstić information content (AvgIpc) is 3.02. The highest BCUT2D eigenvalue weighted by Gasteiger charge is 2.01. The number of hydrogen-bond donors (Lipinski definition) is 2. The minimum atomic E-state index is 0.735. The van der Waals surface area contributed by atoms with Gasteiger partial charge < -0.3 is 5.32 Å². The molecule has 0 saturated heterocycles. The maximum Gasteiger partial charge on any atom is 0.137 e. The van der Waals surface area contributed by atoms with Crippen LogP contribution in [0.3, 0.4) is 0 Å². The van der Waals surface area contributed by atoms with Crippen molar-refractivity contribution >= 4 is 5.82 Å². The number of nitrogens with zero attached hydrogens (tertiary/aromatic N) is 4. The summed E-state index contributed by atoms with van der Waals surface area (Å²) in [7, 11) is 0. The fourth-order valence-electron chi connectivity index (χ4n) is 2.02. The molecule has 3 aromatic rings. The highest BCUT2D eigenvalue weighted by atomic mass is 15.2. The van der Waals surface area contributed by atoms with Gasteiger partial charge in [0.05, 0.1) is 0 Å². The average molecular weight is 280 g/mol. The van der Waals surface area contributed by atoms with E-state index in [1.165, 1.54) is 11.9 Å². The predicted molar refractivity (Wildman–Crippen MR) is 79.9 cm³/mol. The predicted octanol–water partition coefficient (Wildman–Crippen LogP) is 1.84. The lowest BCUT2D eigenvalue weighted by Gasteiger charge is -2.06. The molecule has 0 aliphatic heterocycles. The molecule has 0 atom stereocenters. The van der Waals surface area contributed by atoms with Gasteiger partial charge >= 0.3 is 0 Å². The Morgan fingerprint density at radius 3 is 2.76 bits per heavy atom. The van der Waals surface area contributed by atoms with Gasteiger partial charge in [-0.2, -0.15) is 5.10 Å². The Labute approximate surface area is 122 Å². The van der Waals surface area contributed by atoms with Crippen LogP contribution in [0.5, 0.6) is 0 Å². The van der Waals surface area contributed by atoms with Crippen molar-refractivity contribution < 1.29 is 0 Å². The van der Waals surface area contributed by atoms with Gasteiger partial charge in [-0.1, -0.05) is 30.3 Å². The molecule has 0 unspecified atom stereocenters. The quantitative estimate of drug-likeness (QED) is 0.720. The molecule has 3 rings (SSSR count). The van der Waals surface area contributed by atoms with E-state index in [4.69, 9.17) is 0 Å². The molecule has 0 fully saturated rings. The first-order chi connectivity index (χ1) is 10.4. The Morgan fingerprint density at radius 2 is 1.95 bits per heavy atom. The van der Waals surface area contributed by atoms with Crippen LogP contribution < -0.4 is 5.32 Å². The lowest BCUT2D eigenvalue weighted by Crippen LogP contribution is -2.09.